The molecular weight excluding hydrogens is 636 g/mol. The van der Waals surface area contributed by atoms with Gasteiger partial charge in [-0.15, -0.1) is 0 Å². The van der Waals surface area contributed by atoms with Crippen LogP contribution in [0.15, 0.2) is 30.5 Å². The van der Waals surface area contributed by atoms with E-state index in [4.69, 9.17) is 15.9 Å². The van der Waals surface area contributed by atoms with Crippen LogP contribution in [0.25, 0.3) is 10.9 Å². The second-order valence-corrected chi connectivity index (χ2v) is 11.5. The minimum Gasteiger partial charge on any atom is -0.481 e. The Labute approximate surface area is 273 Å². The van der Waals surface area contributed by atoms with Gasteiger partial charge < -0.3 is 52.4 Å². The number of aromatic amines is 1. The molecule has 0 radical (unpaired) electrons. The lowest BCUT2D eigenvalue weighted by Crippen LogP contribution is -2.59. The fraction of sp³-hybridized carbons (Fsp3) is 0.467. The molecule has 1 aromatic heterocycles. The minimum absolute atomic E-state index is 0.0262. The maximum atomic E-state index is 13.7. The molecule has 0 aliphatic heterocycles. The van der Waals surface area contributed by atoms with E-state index in [2.05, 4.69) is 20.9 Å². The third kappa shape index (κ3) is 12.3. The van der Waals surface area contributed by atoms with Gasteiger partial charge in [-0.05, 0) is 30.4 Å². The molecule has 2 aromatic rings. The van der Waals surface area contributed by atoms with Crippen LogP contribution >= 0.6 is 0 Å². The number of fused-ring (bicyclic) bond motifs is 1. The SMILES string of the molecule is CC(C)CC(NC(=O)C(Cc1c[nH]c2ccccc12)NC(=O)C(N)CCC(=O)O)C(=O)NC(CC(=O)O)C(=O)NC(CC(=O)O)C(=O)O. The van der Waals surface area contributed by atoms with Crippen LogP contribution in [0, 0.1) is 5.92 Å². The molecule has 2 rings (SSSR count). The lowest BCUT2D eigenvalue weighted by Gasteiger charge is -2.27. The summed E-state index contributed by atoms with van der Waals surface area (Å²) in [4.78, 5) is 101. The number of rotatable bonds is 20. The minimum atomic E-state index is -1.93. The molecule has 0 bridgehead atoms. The molecule has 18 nitrogen and oxygen atoms in total. The summed E-state index contributed by atoms with van der Waals surface area (Å²) in [5.41, 5.74) is 7.22. The third-order valence-electron chi connectivity index (χ3n) is 7.08. The predicted octanol–water partition coefficient (Wildman–Crippen LogP) is -1.08. The van der Waals surface area contributed by atoms with Crippen molar-refractivity contribution in [3.8, 4) is 0 Å². The smallest absolute Gasteiger partial charge is 0.326 e. The highest BCUT2D eigenvalue weighted by molar-refractivity contribution is 5.97. The molecule has 1 heterocycles. The van der Waals surface area contributed by atoms with Crippen LogP contribution in [0.3, 0.4) is 0 Å². The number of aliphatic carboxylic acids is 4. The fourth-order valence-corrected chi connectivity index (χ4v) is 4.70. The number of nitrogens with one attached hydrogen (secondary N) is 5. The average Bonchev–Trinajstić information content (AvgIpc) is 3.40. The van der Waals surface area contributed by atoms with Crippen LogP contribution in [0.5, 0.6) is 0 Å². The number of nitrogens with two attached hydrogens (primary N) is 1. The van der Waals surface area contributed by atoms with Crippen LogP contribution in [-0.2, 0) is 44.8 Å². The maximum absolute atomic E-state index is 13.7. The highest BCUT2D eigenvalue weighted by atomic mass is 16.4. The lowest BCUT2D eigenvalue weighted by molar-refractivity contribution is -0.148. The number of para-hydroxylation sites is 1. The van der Waals surface area contributed by atoms with Crippen LogP contribution < -0.4 is 27.0 Å². The molecule has 4 amide bonds. The summed E-state index contributed by atoms with van der Waals surface area (Å²) in [5, 5.41) is 46.4. The van der Waals surface area contributed by atoms with E-state index in [9.17, 15) is 48.6 Å². The van der Waals surface area contributed by atoms with Crippen LogP contribution in [0.1, 0.15) is 51.5 Å². The predicted molar refractivity (Wildman–Crippen MR) is 166 cm³/mol. The first-order chi connectivity index (χ1) is 22.5. The van der Waals surface area contributed by atoms with Gasteiger partial charge in [-0.2, -0.15) is 0 Å². The molecule has 11 N–H and O–H groups in total. The maximum Gasteiger partial charge on any atom is 0.326 e. The van der Waals surface area contributed by atoms with E-state index in [1.54, 1.807) is 44.3 Å². The van der Waals surface area contributed by atoms with Crippen molar-refractivity contribution in [2.45, 2.75) is 82.6 Å². The second-order valence-electron chi connectivity index (χ2n) is 11.5. The number of carbonyl (C=O) groups is 8. The van der Waals surface area contributed by atoms with E-state index < -0.39 is 97.0 Å². The summed E-state index contributed by atoms with van der Waals surface area (Å²) >= 11 is 0. The summed E-state index contributed by atoms with van der Waals surface area (Å²) in [7, 11) is 0. The van der Waals surface area contributed by atoms with Gasteiger partial charge in [-0.1, -0.05) is 32.0 Å². The Balaban J connectivity index is 2.34. The zero-order valence-corrected chi connectivity index (χ0v) is 26.2. The third-order valence-corrected chi connectivity index (χ3v) is 7.08. The van der Waals surface area contributed by atoms with E-state index in [0.29, 0.717) is 5.56 Å². The molecule has 5 unspecified atom stereocenters. The van der Waals surface area contributed by atoms with Crippen molar-refractivity contribution in [3.05, 3.63) is 36.0 Å². The van der Waals surface area contributed by atoms with Crippen LogP contribution in [-0.4, -0.2) is 103 Å². The molecule has 18 heteroatoms. The Bertz CT molecular complexity index is 1520. The van der Waals surface area contributed by atoms with Crippen molar-refractivity contribution in [1.29, 1.82) is 0 Å². The number of amides is 4. The zero-order chi connectivity index (χ0) is 36.1. The number of benzene rings is 1. The molecule has 0 aliphatic rings. The number of carbonyl (C=O) groups excluding carboxylic acids is 4. The Morgan fingerprint density at radius 3 is 1.81 bits per heavy atom. The molecule has 5 atom stereocenters. The van der Waals surface area contributed by atoms with Crippen molar-refractivity contribution in [2.24, 2.45) is 11.7 Å². The Morgan fingerprint density at radius 1 is 0.708 bits per heavy atom. The van der Waals surface area contributed by atoms with E-state index in [1.165, 1.54) is 0 Å². The van der Waals surface area contributed by atoms with Gasteiger partial charge in [0.05, 0.1) is 18.9 Å². The van der Waals surface area contributed by atoms with Crippen LogP contribution in [0.4, 0.5) is 0 Å². The molecule has 262 valence electrons. The second kappa shape index (κ2) is 18.0. The highest BCUT2D eigenvalue weighted by Gasteiger charge is 2.34. The van der Waals surface area contributed by atoms with Crippen LogP contribution in [0.2, 0.25) is 0 Å². The van der Waals surface area contributed by atoms with E-state index in [-0.39, 0.29) is 25.2 Å². The van der Waals surface area contributed by atoms with Crippen molar-refractivity contribution in [1.82, 2.24) is 26.3 Å². The van der Waals surface area contributed by atoms with Gasteiger partial charge in [-0.25, -0.2) is 4.79 Å². The standard InChI is InChI=1S/C30H40N6O12/c1-14(2)9-19(27(44)35-21(11-24(39)40)29(46)36-22(30(47)48)12-25(41)42)34-28(45)20(33-26(43)17(31)7-8-23(37)38)10-15-13-32-18-6-4-3-5-16(15)18/h3-6,13-14,17,19-22,32H,7-12,31H2,1-2H3,(H,33,43)(H,34,45)(H,35,44)(H,36,46)(H,37,38)(H,39,40)(H,41,42)(H,47,48). The lowest BCUT2D eigenvalue weighted by atomic mass is 10.00. The first-order valence-electron chi connectivity index (χ1n) is 14.9. The van der Waals surface area contributed by atoms with Crippen molar-refractivity contribution >= 4 is 58.4 Å². The number of hydrogen-bond acceptors (Lipinski definition) is 9. The number of carboxylic acids is 4. The summed E-state index contributed by atoms with van der Waals surface area (Å²) in [6.07, 6.45) is -1.14. The van der Waals surface area contributed by atoms with Crippen molar-refractivity contribution in [2.75, 3.05) is 0 Å². The average molecular weight is 677 g/mol. The van der Waals surface area contributed by atoms with E-state index in [0.717, 1.165) is 10.9 Å². The number of aromatic nitrogens is 1. The monoisotopic (exact) mass is 676 g/mol. The molecular formula is C30H40N6O12. The van der Waals surface area contributed by atoms with Gasteiger partial charge in [0.15, 0.2) is 0 Å². The van der Waals surface area contributed by atoms with Gasteiger partial charge in [0.1, 0.15) is 24.2 Å². The van der Waals surface area contributed by atoms with Crippen molar-refractivity contribution < 1.29 is 58.8 Å². The van der Waals surface area contributed by atoms with Gasteiger partial charge in [0.2, 0.25) is 23.6 Å². The number of carboxylic acid groups (broad SMARTS) is 4. The molecule has 0 saturated carbocycles. The van der Waals surface area contributed by atoms with Gasteiger partial charge in [0.25, 0.3) is 0 Å². The first kappa shape index (κ1) is 38.7. The van der Waals surface area contributed by atoms with Gasteiger partial charge in [-0.3, -0.25) is 33.6 Å². The summed E-state index contributed by atoms with van der Waals surface area (Å²) < 4.78 is 0. The fourth-order valence-electron chi connectivity index (χ4n) is 4.70. The zero-order valence-electron chi connectivity index (χ0n) is 26.2. The Morgan fingerprint density at radius 2 is 1.23 bits per heavy atom. The summed E-state index contributed by atoms with van der Waals surface area (Å²) in [6.45, 7) is 3.42. The molecule has 48 heavy (non-hydrogen) atoms. The summed E-state index contributed by atoms with van der Waals surface area (Å²) in [6, 6.07) is -0.651. The van der Waals surface area contributed by atoms with Gasteiger partial charge >= 0.3 is 23.9 Å². The molecule has 0 saturated heterocycles. The van der Waals surface area contributed by atoms with Crippen molar-refractivity contribution in [3.63, 3.8) is 0 Å². The Kier molecular flexibility index (Phi) is 14.5. The first-order valence-corrected chi connectivity index (χ1v) is 14.9. The molecule has 0 aliphatic carbocycles. The largest absolute Gasteiger partial charge is 0.481 e. The topological polar surface area (TPSA) is 307 Å². The molecule has 1 aromatic carbocycles. The highest BCUT2D eigenvalue weighted by Crippen LogP contribution is 2.19. The molecule has 0 spiro atoms. The quantitative estimate of drug-likeness (QED) is 0.0799. The van der Waals surface area contributed by atoms with E-state index in [1.807, 2.05) is 5.32 Å². The molecule has 0 fully saturated rings. The van der Waals surface area contributed by atoms with E-state index >= 15 is 0 Å². The summed E-state index contributed by atoms with van der Waals surface area (Å²) in [5.74, 6) is -10.2. The Hall–Kier alpha value is -5.52. The number of hydrogen-bond donors (Lipinski definition) is 10. The van der Waals surface area contributed by atoms with Gasteiger partial charge in [0, 0.05) is 29.9 Å². The number of H-pyrrole nitrogens is 1. The normalized spacial score (nSPS) is 14.2.